The first-order chi connectivity index (χ1) is 17.3. The molecule has 4 rings (SSSR count). The van der Waals surface area contributed by atoms with Crippen LogP contribution in [-0.2, 0) is 26.4 Å². The van der Waals surface area contributed by atoms with Gasteiger partial charge in [0.25, 0.3) is 0 Å². The van der Waals surface area contributed by atoms with Crippen LogP contribution in [0.2, 0.25) is 0 Å². The van der Waals surface area contributed by atoms with Crippen LogP contribution >= 0.6 is 0 Å². The van der Waals surface area contributed by atoms with Gasteiger partial charge >= 0.3 is 0 Å². The Bertz CT molecular complexity index is 1300. The van der Waals surface area contributed by atoms with Gasteiger partial charge in [-0.2, -0.15) is 8.78 Å². The Hall–Kier alpha value is -3.76. The van der Waals surface area contributed by atoms with E-state index in [0.29, 0.717) is 22.3 Å². The molecule has 0 radical (unpaired) electrons. The van der Waals surface area contributed by atoms with Gasteiger partial charge in [-0.1, -0.05) is 48.5 Å². The van der Waals surface area contributed by atoms with Crippen LogP contribution in [0.4, 0.5) is 26.3 Å². The molecule has 0 bridgehead atoms. The summed E-state index contributed by atoms with van der Waals surface area (Å²) in [4.78, 5) is 0. The molecule has 4 aromatic rings. The summed E-state index contributed by atoms with van der Waals surface area (Å²) in [5.74, 6) is -14.3. The number of aliphatic hydroxyl groups is 2. The molecule has 4 nitrogen and oxygen atoms in total. The third-order valence-corrected chi connectivity index (χ3v) is 5.49. The molecule has 2 N–H and O–H groups in total. The van der Waals surface area contributed by atoms with Crippen LogP contribution < -0.4 is 9.47 Å². The van der Waals surface area contributed by atoms with E-state index >= 15 is 0 Å². The van der Waals surface area contributed by atoms with Crippen LogP contribution in [0.1, 0.15) is 22.3 Å². The Morgan fingerprint density at radius 2 is 0.750 bits per heavy atom. The summed E-state index contributed by atoms with van der Waals surface area (Å²) >= 11 is 0. The topological polar surface area (TPSA) is 58.9 Å². The van der Waals surface area contributed by atoms with Gasteiger partial charge in [-0.15, -0.1) is 0 Å². The maximum Gasteiger partial charge on any atom is 0.204 e. The fourth-order valence-electron chi connectivity index (χ4n) is 3.54. The lowest BCUT2D eigenvalue weighted by Gasteiger charge is -2.17. The zero-order chi connectivity index (χ0) is 26.0. The maximum absolute atomic E-state index is 14.8. The molecule has 0 fully saturated rings. The van der Waals surface area contributed by atoms with Gasteiger partial charge < -0.3 is 19.7 Å². The molecule has 0 aliphatic heterocycles. The zero-order valence-corrected chi connectivity index (χ0v) is 18.4. The van der Waals surface area contributed by atoms with Crippen molar-refractivity contribution in [3.05, 3.63) is 106 Å². The first-order valence-corrected chi connectivity index (χ1v) is 10.6. The summed E-state index contributed by atoms with van der Waals surface area (Å²) in [7, 11) is 0. The highest BCUT2D eigenvalue weighted by molar-refractivity contribution is 5.95. The number of ether oxygens (including phenoxy) is 2. The standard InChI is InChI=1S/C26H18F6O4/c27-19-17-18(26(24(32)22(19)30)36-12-16-7-3-14(10-34)4-8-16)20(28)21(29)23(31)25(17)35-11-15-5-1-13(9-33)2-6-15/h1-8,33-34H,9-12H2. The summed E-state index contributed by atoms with van der Waals surface area (Å²) < 4.78 is 98.3. The van der Waals surface area contributed by atoms with Crippen molar-refractivity contribution in [2.24, 2.45) is 0 Å². The third-order valence-electron chi connectivity index (χ3n) is 5.49. The maximum atomic E-state index is 14.8. The van der Waals surface area contributed by atoms with Crippen LogP contribution in [-0.4, -0.2) is 10.2 Å². The summed E-state index contributed by atoms with van der Waals surface area (Å²) in [5, 5.41) is 15.9. The fraction of sp³-hybridized carbons (Fsp3) is 0.154. The largest absolute Gasteiger partial charge is 0.485 e. The Kier molecular flexibility index (Phi) is 7.37. The van der Waals surface area contributed by atoms with E-state index in [1.54, 1.807) is 0 Å². The first kappa shape index (κ1) is 25.3. The van der Waals surface area contributed by atoms with Crippen molar-refractivity contribution >= 4 is 10.8 Å². The van der Waals surface area contributed by atoms with Gasteiger partial charge in [0.1, 0.15) is 13.2 Å². The highest BCUT2D eigenvalue weighted by atomic mass is 19.2. The fourth-order valence-corrected chi connectivity index (χ4v) is 3.54. The molecule has 0 atom stereocenters. The average Bonchev–Trinajstić information content (AvgIpc) is 2.91. The molecule has 0 aliphatic rings. The molecular formula is C26H18F6O4. The second-order valence-electron chi connectivity index (χ2n) is 7.82. The second-order valence-corrected chi connectivity index (χ2v) is 7.82. The third kappa shape index (κ3) is 4.69. The predicted molar refractivity (Wildman–Crippen MR) is 117 cm³/mol. The van der Waals surface area contributed by atoms with Crippen molar-refractivity contribution in [3.8, 4) is 11.5 Å². The summed E-state index contributed by atoms with van der Waals surface area (Å²) in [6.45, 7) is -1.41. The monoisotopic (exact) mass is 508 g/mol. The van der Waals surface area contributed by atoms with Crippen molar-refractivity contribution in [1.82, 2.24) is 0 Å². The lowest BCUT2D eigenvalue weighted by atomic mass is 10.0. The van der Waals surface area contributed by atoms with E-state index in [9.17, 15) is 26.3 Å². The molecule has 4 aromatic carbocycles. The van der Waals surface area contributed by atoms with E-state index < -0.39 is 70.4 Å². The molecule has 0 aliphatic carbocycles. The molecule has 36 heavy (non-hydrogen) atoms. The smallest absolute Gasteiger partial charge is 0.204 e. The molecule has 188 valence electrons. The Morgan fingerprint density at radius 1 is 0.444 bits per heavy atom. The minimum atomic E-state index is -2.09. The Balaban J connectivity index is 1.79. The van der Waals surface area contributed by atoms with E-state index in [4.69, 9.17) is 19.7 Å². The quantitative estimate of drug-likeness (QED) is 0.233. The number of hydrogen-bond donors (Lipinski definition) is 2. The number of fused-ring (bicyclic) bond motifs is 1. The molecule has 0 spiro atoms. The molecule has 0 unspecified atom stereocenters. The number of benzene rings is 4. The number of rotatable bonds is 8. The van der Waals surface area contributed by atoms with Gasteiger partial charge in [0.15, 0.2) is 34.8 Å². The van der Waals surface area contributed by atoms with E-state index in [2.05, 4.69) is 0 Å². The number of halogens is 6. The average molecular weight is 508 g/mol. The van der Waals surface area contributed by atoms with Crippen molar-refractivity contribution in [1.29, 1.82) is 0 Å². The van der Waals surface area contributed by atoms with Crippen LogP contribution in [0.15, 0.2) is 48.5 Å². The van der Waals surface area contributed by atoms with Crippen LogP contribution in [0.3, 0.4) is 0 Å². The van der Waals surface area contributed by atoms with Gasteiger partial charge in [-0.05, 0) is 22.3 Å². The summed E-state index contributed by atoms with van der Waals surface area (Å²) in [6.07, 6.45) is 0. The van der Waals surface area contributed by atoms with Gasteiger partial charge in [-0.25, -0.2) is 17.6 Å². The Labute approximate surface area is 200 Å². The zero-order valence-electron chi connectivity index (χ0n) is 18.4. The molecule has 0 amide bonds. The van der Waals surface area contributed by atoms with E-state index in [0.717, 1.165) is 0 Å². The van der Waals surface area contributed by atoms with Gasteiger partial charge in [0.05, 0.1) is 24.0 Å². The highest BCUT2D eigenvalue weighted by Crippen LogP contribution is 2.43. The van der Waals surface area contributed by atoms with Gasteiger partial charge in [0.2, 0.25) is 11.6 Å². The van der Waals surface area contributed by atoms with Crippen molar-refractivity contribution in [3.63, 3.8) is 0 Å². The number of hydrogen-bond acceptors (Lipinski definition) is 4. The molecule has 0 heterocycles. The molecule has 0 saturated carbocycles. The minimum absolute atomic E-state index is 0.242. The predicted octanol–water partition coefficient (Wildman–Crippen LogP) is 5.82. The second kappa shape index (κ2) is 10.5. The Morgan fingerprint density at radius 3 is 1.06 bits per heavy atom. The van der Waals surface area contributed by atoms with Gasteiger partial charge in [-0.3, -0.25) is 0 Å². The van der Waals surface area contributed by atoms with Crippen LogP contribution in [0.25, 0.3) is 10.8 Å². The van der Waals surface area contributed by atoms with Crippen LogP contribution in [0.5, 0.6) is 11.5 Å². The van der Waals surface area contributed by atoms with E-state index in [-0.39, 0.29) is 13.2 Å². The molecule has 10 heteroatoms. The van der Waals surface area contributed by atoms with Crippen LogP contribution in [0, 0.1) is 34.9 Å². The van der Waals surface area contributed by atoms with E-state index in [1.807, 2.05) is 0 Å². The lowest BCUT2D eigenvalue weighted by molar-refractivity contribution is 0.275. The van der Waals surface area contributed by atoms with E-state index in [1.165, 1.54) is 48.5 Å². The lowest BCUT2D eigenvalue weighted by Crippen LogP contribution is -2.09. The first-order valence-electron chi connectivity index (χ1n) is 10.6. The summed E-state index contributed by atoms with van der Waals surface area (Å²) in [6, 6.07) is 12.0. The molecule has 0 aromatic heterocycles. The SMILES string of the molecule is OCc1ccc(COc2c(F)c(F)c(F)c3c(OCc4ccc(CO)cc4)c(F)c(F)c(F)c23)cc1. The highest BCUT2D eigenvalue weighted by Gasteiger charge is 2.32. The number of aliphatic hydroxyl groups excluding tert-OH is 2. The van der Waals surface area contributed by atoms with Crippen molar-refractivity contribution in [2.75, 3.05) is 0 Å². The molecule has 0 saturated heterocycles. The summed E-state index contributed by atoms with van der Waals surface area (Å²) in [5.41, 5.74) is 1.88. The minimum Gasteiger partial charge on any atom is -0.485 e. The molecular weight excluding hydrogens is 490 g/mol. The van der Waals surface area contributed by atoms with Crippen molar-refractivity contribution < 1.29 is 46.0 Å². The van der Waals surface area contributed by atoms with Gasteiger partial charge in [0, 0.05) is 0 Å². The normalized spacial score (nSPS) is 11.2. The van der Waals surface area contributed by atoms with Crippen molar-refractivity contribution in [2.45, 2.75) is 26.4 Å².